The van der Waals surface area contributed by atoms with Gasteiger partial charge in [-0.1, -0.05) is 56.1 Å². The SMILES string of the molecule is CC(=Cc1c[nH]c2ccccc12)c1ccc(Br)cc1Br. The first kappa shape index (κ1) is 13.7. The van der Waals surface area contributed by atoms with Crippen molar-refractivity contribution in [2.45, 2.75) is 6.92 Å². The highest BCUT2D eigenvalue weighted by Crippen LogP contribution is 2.30. The van der Waals surface area contributed by atoms with Crippen molar-refractivity contribution in [2.75, 3.05) is 0 Å². The van der Waals surface area contributed by atoms with Gasteiger partial charge in [0, 0.05) is 31.6 Å². The minimum atomic E-state index is 1.08. The lowest BCUT2D eigenvalue weighted by Crippen LogP contribution is -1.82. The molecule has 1 N–H and O–H groups in total. The van der Waals surface area contributed by atoms with E-state index in [4.69, 9.17) is 0 Å². The van der Waals surface area contributed by atoms with E-state index < -0.39 is 0 Å². The van der Waals surface area contributed by atoms with Gasteiger partial charge in [-0.2, -0.15) is 0 Å². The van der Waals surface area contributed by atoms with Crippen molar-refractivity contribution < 1.29 is 0 Å². The molecule has 0 radical (unpaired) electrons. The van der Waals surface area contributed by atoms with Crippen LogP contribution in [0.15, 0.2) is 57.6 Å². The molecule has 0 aliphatic rings. The molecule has 2 aromatic carbocycles. The second-order valence-corrected chi connectivity index (χ2v) is 6.51. The summed E-state index contributed by atoms with van der Waals surface area (Å²) in [5.74, 6) is 0. The molecule has 3 heteroatoms. The molecule has 1 heterocycles. The van der Waals surface area contributed by atoms with Crippen LogP contribution in [0, 0.1) is 0 Å². The number of aromatic nitrogens is 1. The highest BCUT2D eigenvalue weighted by atomic mass is 79.9. The van der Waals surface area contributed by atoms with Gasteiger partial charge in [0.15, 0.2) is 0 Å². The number of rotatable bonds is 2. The third kappa shape index (κ3) is 2.60. The van der Waals surface area contributed by atoms with E-state index in [1.807, 2.05) is 6.07 Å². The minimum absolute atomic E-state index is 1.08. The molecule has 0 aliphatic carbocycles. The van der Waals surface area contributed by atoms with Crippen LogP contribution in [-0.4, -0.2) is 4.98 Å². The predicted molar refractivity (Wildman–Crippen MR) is 93.7 cm³/mol. The summed E-state index contributed by atoms with van der Waals surface area (Å²) in [6.45, 7) is 2.13. The first-order chi connectivity index (χ1) is 9.65. The monoisotopic (exact) mass is 389 g/mol. The number of para-hydroxylation sites is 1. The summed E-state index contributed by atoms with van der Waals surface area (Å²) in [4.78, 5) is 3.30. The van der Waals surface area contributed by atoms with Gasteiger partial charge in [0.1, 0.15) is 0 Å². The quantitative estimate of drug-likeness (QED) is 0.531. The van der Waals surface area contributed by atoms with Gasteiger partial charge in [0.25, 0.3) is 0 Å². The van der Waals surface area contributed by atoms with Crippen molar-refractivity contribution >= 4 is 54.4 Å². The Morgan fingerprint density at radius 3 is 2.70 bits per heavy atom. The lowest BCUT2D eigenvalue weighted by atomic mass is 10.0. The average molecular weight is 391 g/mol. The third-order valence-electron chi connectivity index (χ3n) is 3.35. The van der Waals surface area contributed by atoms with Crippen molar-refractivity contribution in [3.05, 3.63) is 68.7 Å². The van der Waals surface area contributed by atoms with Crippen LogP contribution in [-0.2, 0) is 0 Å². The normalized spacial score (nSPS) is 12.1. The van der Waals surface area contributed by atoms with Gasteiger partial charge in [-0.05, 0) is 42.3 Å². The van der Waals surface area contributed by atoms with Crippen LogP contribution in [0.1, 0.15) is 18.1 Å². The van der Waals surface area contributed by atoms with E-state index in [-0.39, 0.29) is 0 Å². The van der Waals surface area contributed by atoms with E-state index in [0.717, 1.165) is 8.95 Å². The molecule has 100 valence electrons. The molecule has 1 aromatic heterocycles. The van der Waals surface area contributed by atoms with Gasteiger partial charge in [-0.25, -0.2) is 0 Å². The fraction of sp³-hybridized carbons (Fsp3) is 0.0588. The average Bonchev–Trinajstić information content (AvgIpc) is 2.82. The number of benzene rings is 2. The van der Waals surface area contributed by atoms with E-state index in [0.29, 0.717) is 0 Å². The second-order valence-electron chi connectivity index (χ2n) is 4.74. The lowest BCUT2D eigenvalue weighted by molar-refractivity contribution is 1.47. The molecule has 0 spiro atoms. The Morgan fingerprint density at radius 2 is 1.90 bits per heavy atom. The molecule has 0 unspecified atom stereocenters. The van der Waals surface area contributed by atoms with Crippen molar-refractivity contribution in [3.8, 4) is 0 Å². The van der Waals surface area contributed by atoms with Crippen molar-refractivity contribution in [2.24, 2.45) is 0 Å². The number of hydrogen-bond acceptors (Lipinski definition) is 0. The molecule has 0 atom stereocenters. The Bertz CT molecular complexity index is 800. The molecular weight excluding hydrogens is 378 g/mol. The predicted octanol–water partition coefficient (Wildman–Crippen LogP) is 6.25. The van der Waals surface area contributed by atoms with E-state index >= 15 is 0 Å². The summed E-state index contributed by atoms with van der Waals surface area (Å²) in [6, 6.07) is 14.6. The Hall–Kier alpha value is -1.32. The number of H-pyrrole nitrogens is 1. The number of allylic oxidation sites excluding steroid dienone is 1. The van der Waals surface area contributed by atoms with E-state index in [1.165, 1.54) is 27.6 Å². The summed E-state index contributed by atoms with van der Waals surface area (Å²) < 4.78 is 2.17. The molecule has 0 saturated heterocycles. The van der Waals surface area contributed by atoms with Crippen LogP contribution in [0.3, 0.4) is 0 Å². The van der Waals surface area contributed by atoms with E-state index in [2.05, 4.69) is 92.4 Å². The zero-order valence-corrected chi connectivity index (χ0v) is 14.1. The standard InChI is InChI=1S/C17H13Br2N/c1-11(14-7-6-13(18)9-16(14)19)8-12-10-20-17-5-3-2-4-15(12)17/h2-10,20H,1H3. The molecular formula is C17H13Br2N. The Labute approximate surface area is 135 Å². The first-order valence-corrected chi connectivity index (χ1v) is 7.93. The van der Waals surface area contributed by atoms with Crippen LogP contribution >= 0.6 is 31.9 Å². The molecule has 0 saturated carbocycles. The topological polar surface area (TPSA) is 15.8 Å². The lowest BCUT2D eigenvalue weighted by Gasteiger charge is -2.05. The van der Waals surface area contributed by atoms with Crippen LogP contribution in [0.4, 0.5) is 0 Å². The van der Waals surface area contributed by atoms with Crippen LogP contribution in [0.25, 0.3) is 22.6 Å². The Kier molecular flexibility index (Phi) is 3.81. The van der Waals surface area contributed by atoms with Gasteiger partial charge >= 0.3 is 0 Å². The minimum Gasteiger partial charge on any atom is -0.361 e. The fourth-order valence-corrected chi connectivity index (χ4v) is 3.69. The molecule has 3 rings (SSSR count). The zero-order chi connectivity index (χ0) is 14.1. The molecule has 0 aliphatic heterocycles. The van der Waals surface area contributed by atoms with Crippen molar-refractivity contribution in [1.29, 1.82) is 0 Å². The number of hydrogen-bond donors (Lipinski definition) is 1. The number of halogens is 2. The fourth-order valence-electron chi connectivity index (χ4n) is 2.33. The molecule has 0 fully saturated rings. The summed E-state index contributed by atoms with van der Waals surface area (Å²) >= 11 is 7.11. The summed E-state index contributed by atoms with van der Waals surface area (Å²) in [5.41, 5.74) is 4.82. The van der Waals surface area contributed by atoms with Gasteiger partial charge in [0.05, 0.1) is 0 Å². The van der Waals surface area contributed by atoms with Gasteiger partial charge < -0.3 is 4.98 Å². The first-order valence-electron chi connectivity index (χ1n) is 6.35. The van der Waals surface area contributed by atoms with Gasteiger partial charge in [-0.3, -0.25) is 0 Å². The number of fused-ring (bicyclic) bond motifs is 1. The largest absolute Gasteiger partial charge is 0.361 e. The maximum absolute atomic E-state index is 3.62. The highest BCUT2D eigenvalue weighted by molar-refractivity contribution is 9.11. The third-order valence-corrected chi connectivity index (χ3v) is 4.50. The molecule has 0 bridgehead atoms. The number of aromatic amines is 1. The van der Waals surface area contributed by atoms with Crippen LogP contribution in [0.5, 0.6) is 0 Å². The van der Waals surface area contributed by atoms with Crippen LogP contribution in [0.2, 0.25) is 0 Å². The molecule has 0 amide bonds. The zero-order valence-electron chi connectivity index (χ0n) is 11.0. The second kappa shape index (κ2) is 5.58. The highest BCUT2D eigenvalue weighted by Gasteiger charge is 2.05. The van der Waals surface area contributed by atoms with Crippen molar-refractivity contribution in [3.63, 3.8) is 0 Å². The van der Waals surface area contributed by atoms with Crippen LogP contribution < -0.4 is 0 Å². The summed E-state index contributed by atoms with van der Waals surface area (Å²) in [6.07, 6.45) is 4.27. The van der Waals surface area contributed by atoms with E-state index in [9.17, 15) is 0 Å². The number of nitrogens with one attached hydrogen (secondary N) is 1. The van der Waals surface area contributed by atoms with Gasteiger partial charge in [-0.15, -0.1) is 0 Å². The smallest absolute Gasteiger partial charge is 0.0460 e. The maximum atomic E-state index is 3.62. The van der Waals surface area contributed by atoms with Crippen molar-refractivity contribution in [1.82, 2.24) is 4.98 Å². The maximum Gasteiger partial charge on any atom is 0.0460 e. The Morgan fingerprint density at radius 1 is 1.10 bits per heavy atom. The molecule has 20 heavy (non-hydrogen) atoms. The molecule has 3 aromatic rings. The van der Waals surface area contributed by atoms with E-state index in [1.54, 1.807) is 0 Å². The summed E-state index contributed by atoms with van der Waals surface area (Å²) in [5, 5.41) is 1.25. The van der Waals surface area contributed by atoms with Gasteiger partial charge in [0.2, 0.25) is 0 Å². The molecule has 1 nitrogen and oxygen atoms in total. The summed E-state index contributed by atoms with van der Waals surface area (Å²) in [7, 11) is 0. The Balaban J connectivity index is 2.07.